The Labute approximate surface area is 131 Å². The molecular formula is C15H15F2N3O3. The van der Waals surface area contributed by atoms with Gasteiger partial charge in [-0.1, -0.05) is 19.1 Å². The first-order valence-electron chi connectivity index (χ1n) is 6.84. The molecule has 0 atom stereocenters. The van der Waals surface area contributed by atoms with Gasteiger partial charge in [0.2, 0.25) is 0 Å². The molecule has 2 rings (SSSR count). The number of nitrogens with zero attached hydrogens (tertiary/aromatic N) is 2. The number of alkyl halides is 2. The summed E-state index contributed by atoms with van der Waals surface area (Å²) >= 11 is 0. The summed E-state index contributed by atoms with van der Waals surface area (Å²) in [4.78, 5) is 28.3. The first-order chi connectivity index (χ1) is 10.9. The summed E-state index contributed by atoms with van der Waals surface area (Å²) in [5.41, 5.74) is 2.12. The van der Waals surface area contributed by atoms with Gasteiger partial charge in [-0.25, -0.2) is 13.6 Å². The van der Waals surface area contributed by atoms with Gasteiger partial charge in [-0.2, -0.15) is 10.6 Å². The van der Waals surface area contributed by atoms with E-state index in [-0.39, 0.29) is 11.1 Å². The second-order valence-corrected chi connectivity index (χ2v) is 4.77. The quantitative estimate of drug-likeness (QED) is 0.877. The molecule has 0 aliphatic heterocycles. The molecule has 122 valence electrons. The molecule has 1 aromatic carbocycles. The number of aryl methyl sites for hydroxylation is 2. The third-order valence-electron chi connectivity index (χ3n) is 3.14. The van der Waals surface area contributed by atoms with E-state index in [0.29, 0.717) is 0 Å². The maximum atomic E-state index is 12.8. The van der Waals surface area contributed by atoms with Gasteiger partial charge in [-0.3, -0.25) is 9.48 Å². The van der Waals surface area contributed by atoms with Crippen molar-refractivity contribution in [3.8, 4) is 0 Å². The van der Waals surface area contributed by atoms with Crippen molar-refractivity contribution in [3.05, 3.63) is 52.8 Å². The monoisotopic (exact) mass is 323 g/mol. The van der Waals surface area contributed by atoms with Crippen LogP contribution in [-0.2, 0) is 18.3 Å². The molecule has 0 aliphatic carbocycles. The molecular weight excluding hydrogens is 308 g/mol. The van der Waals surface area contributed by atoms with E-state index in [1.165, 1.54) is 7.05 Å². The molecule has 8 heteroatoms. The van der Waals surface area contributed by atoms with E-state index in [4.69, 9.17) is 0 Å². The van der Waals surface area contributed by atoms with Gasteiger partial charge in [0.1, 0.15) is 5.69 Å². The van der Waals surface area contributed by atoms with E-state index in [2.05, 4.69) is 9.94 Å². The van der Waals surface area contributed by atoms with Crippen molar-refractivity contribution < 1.29 is 23.2 Å². The lowest BCUT2D eigenvalue weighted by molar-refractivity contribution is 0.0228. The fraction of sp³-hybridized carbons (Fsp3) is 0.267. The highest BCUT2D eigenvalue weighted by molar-refractivity contribution is 5.96. The number of amides is 1. The van der Waals surface area contributed by atoms with Gasteiger partial charge in [-0.05, 0) is 24.1 Å². The van der Waals surface area contributed by atoms with Crippen molar-refractivity contribution >= 4 is 11.9 Å². The number of carbonyl (C=O) groups excluding carboxylic acids is 2. The van der Waals surface area contributed by atoms with Crippen molar-refractivity contribution in [2.75, 3.05) is 0 Å². The lowest BCUT2D eigenvalue weighted by atomic mass is 10.1. The molecule has 1 N–H and O–H groups in total. The van der Waals surface area contributed by atoms with Gasteiger partial charge in [-0.15, -0.1) is 0 Å². The minimum absolute atomic E-state index is 0.239. The van der Waals surface area contributed by atoms with E-state index in [9.17, 15) is 18.4 Å². The van der Waals surface area contributed by atoms with Crippen LogP contribution in [0.1, 0.15) is 45.3 Å². The number of nitrogens with one attached hydrogen (secondary N) is 1. The molecule has 1 heterocycles. The topological polar surface area (TPSA) is 73.2 Å². The summed E-state index contributed by atoms with van der Waals surface area (Å²) in [5, 5.41) is 3.50. The maximum Gasteiger partial charge on any atom is 0.362 e. The van der Waals surface area contributed by atoms with Crippen LogP contribution < -0.4 is 5.48 Å². The number of carbonyl (C=O) groups is 2. The zero-order valence-electron chi connectivity index (χ0n) is 12.5. The molecule has 0 saturated heterocycles. The zero-order chi connectivity index (χ0) is 17.0. The molecule has 0 aliphatic rings. The molecule has 0 saturated carbocycles. The first-order valence-corrected chi connectivity index (χ1v) is 6.84. The minimum Gasteiger partial charge on any atom is -0.335 e. The van der Waals surface area contributed by atoms with Crippen LogP contribution in [0.25, 0.3) is 0 Å². The minimum atomic E-state index is -2.91. The molecule has 0 bridgehead atoms. The van der Waals surface area contributed by atoms with Crippen LogP contribution in [0.5, 0.6) is 0 Å². The Hall–Kier alpha value is -2.77. The van der Waals surface area contributed by atoms with Crippen LogP contribution in [0.15, 0.2) is 30.5 Å². The second kappa shape index (κ2) is 6.99. The molecule has 0 unspecified atom stereocenters. The van der Waals surface area contributed by atoms with Crippen LogP contribution in [0.2, 0.25) is 0 Å². The van der Waals surface area contributed by atoms with Crippen LogP contribution >= 0.6 is 0 Å². The number of halogens is 2. The van der Waals surface area contributed by atoms with Crippen LogP contribution in [-0.4, -0.2) is 21.7 Å². The highest BCUT2D eigenvalue weighted by Crippen LogP contribution is 2.20. The Kier molecular flexibility index (Phi) is 5.05. The van der Waals surface area contributed by atoms with Gasteiger partial charge < -0.3 is 4.84 Å². The summed E-state index contributed by atoms with van der Waals surface area (Å²) in [5.74, 6) is -1.75. The predicted octanol–water partition coefficient (Wildman–Crippen LogP) is 2.42. The highest BCUT2D eigenvalue weighted by atomic mass is 19.3. The zero-order valence-corrected chi connectivity index (χ0v) is 12.5. The number of rotatable bonds is 4. The lowest BCUT2D eigenvalue weighted by Crippen LogP contribution is -2.27. The fourth-order valence-electron chi connectivity index (χ4n) is 1.92. The van der Waals surface area contributed by atoms with Gasteiger partial charge >= 0.3 is 5.97 Å². The maximum absolute atomic E-state index is 12.8. The van der Waals surface area contributed by atoms with Crippen molar-refractivity contribution in [1.82, 2.24) is 15.3 Å². The summed E-state index contributed by atoms with van der Waals surface area (Å²) < 4.78 is 26.6. The summed E-state index contributed by atoms with van der Waals surface area (Å²) in [6, 6.07) is 6.63. The van der Waals surface area contributed by atoms with E-state index >= 15 is 0 Å². The summed E-state index contributed by atoms with van der Waals surface area (Å²) in [6.45, 7) is 1.97. The van der Waals surface area contributed by atoms with Gasteiger partial charge in [0.15, 0.2) is 0 Å². The number of benzene rings is 1. The molecule has 1 aromatic heterocycles. The number of hydroxylamine groups is 1. The van der Waals surface area contributed by atoms with Crippen molar-refractivity contribution in [1.29, 1.82) is 0 Å². The van der Waals surface area contributed by atoms with E-state index in [0.717, 1.165) is 22.9 Å². The smallest absolute Gasteiger partial charge is 0.335 e. The largest absolute Gasteiger partial charge is 0.362 e. The van der Waals surface area contributed by atoms with Crippen molar-refractivity contribution in [2.24, 2.45) is 7.05 Å². The molecule has 2 aromatic rings. The van der Waals surface area contributed by atoms with E-state index < -0.39 is 24.0 Å². The molecule has 6 nitrogen and oxygen atoms in total. The van der Waals surface area contributed by atoms with E-state index in [1.807, 2.05) is 12.4 Å². The Morgan fingerprint density at radius 2 is 1.96 bits per heavy atom. The Bertz CT molecular complexity index is 711. The van der Waals surface area contributed by atoms with E-state index in [1.54, 1.807) is 24.3 Å². The van der Waals surface area contributed by atoms with Gasteiger partial charge in [0.25, 0.3) is 12.3 Å². The summed E-state index contributed by atoms with van der Waals surface area (Å²) in [6.07, 6.45) is -0.960. The predicted molar refractivity (Wildman–Crippen MR) is 76.9 cm³/mol. The second-order valence-electron chi connectivity index (χ2n) is 4.77. The molecule has 0 radical (unpaired) electrons. The van der Waals surface area contributed by atoms with Gasteiger partial charge in [0, 0.05) is 13.2 Å². The number of hydrogen-bond donors (Lipinski definition) is 1. The number of aromatic nitrogens is 2. The fourth-order valence-corrected chi connectivity index (χ4v) is 1.92. The molecule has 1 amide bonds. The van der Waals surface area contributed by atoms with Gasteiger partial charge in [0.05, 0.1) is 11.1 Å². The SMILES string of the molecule is CCc1ccc(C(=O)ONC(=O)c2cn(C)nc2C(F)F)cc1. The van der Waals surface area contributed by atoms with Crippen LogP contribution in [0.4, 0.5) is 8.78 Å². The molecule has 0 fully saturated rings. The number of hydrogen-bond acceptors (Lipinski definition) is 4. The van der Waals surface area contributed by atoms with Crippen molar-refractivity contribution in [3.63, 3.8) is 0 Å². The first kappa shape index (κ1) is 16.6. The normalized spacial score (nSPS) is 10.7. The standard InChI is InChI=1S/C15H15F2N3O3/c1-3-9-4-6-10(7-5-9)15(22)23-19-14(21)11-8-20(2)18-12(11)13(16)17/h4-8,13H,3H2,1-2H3,(H,19,21). The average Bonchev–Trinajstić information content (AvgIpc) is 2.94. The third kappa shape index (κ3) is 3.91. The Morgan fingerprint density at radius 1 is 1.30 bits per heavy atom. The third-order valence-corrected chi connectivity index (χ3v) is 3.14. The Balaban J connectivity index is 2.02. The average molecular weight is 323 g/mol. The molecule has 23 heavy (non-hydrogen) atoms. The highest BCUT2D eigenvalue weighted by Gasteiger charge is 2.23. The van der Waals surface area contributed by atoms with Crippen LogP contribution in [0, 0.1) is 0 Å². The van der Waals surface area contributed by atoms with Crippen molar-refractivity contribution in [2.45, 2.75) is 19.8 Å². The molecule has 0 spiro atoms. The Morgan fingerprint density at radius 3 is 2.52 bits per heavy atom. The lowest BCUT2D eigenvalue weighted by Gasteiger charge is -2.06. The van der Waals surface area contributed by atoms with Crippen LogP contribution in [0.3, 0.4) is 0 Å². The summed E-state index contributed by atoms with van der Waals surface area (Å²) in [7, 11) is 1.41.